The SMILES string of the molecule is CC(C)N([CH-]N(C(C)C)C(C)C)C(C)C.CN(C)Cc1[c-]cccc1.F[B-](F)(F)F.[Pd]. The fraction of sp³-hybridized carbons (Fsp3) is 0.682. The summed E-state index contributed by atoms with van der Waals surface area (Å²) in [6, 6.07) is 13.4. The van der Waals surface area contributed by atoms with Crippen LogP contribution in [0, 0.1) is 12.7 Å². The Morgan fingerprint density at radius 2 is 1.16 bits per heavy atom. The van der Waals surface area contributed by atoms with Crippen LogP contribution in [0.2, 0.25) is 0 Å². The van der Waals surface area contributed by atoms with Crippen molar-refractivity contribution in [1.82, 2.24) is 14.7 Å². The fourth-order valence-corrected chi connectivity index (χ4v) is 2.75. The topological polar surface area (TPSA) is 9.72 Å². The Bertz CT molecular complexity index is 487. The molecule has 0 radical (unpaired) electrons. The van der Waals surface area contributed by atoms with E-state index in [1.807, 2.05) is 18.2 Å². The summed E-state index contributed by atoms with van der Waals surface area (Å²) in [5.41, 5.74) is 1.24. The summed E-state index contributed by atoms with van der Waals surface area (Å²) < 4.78 is 39.0. The Balaban J connectivity index is -0.000000421. The van der Waals surface area contributed by atoms with Crippen molar-refractivity contribution >= 4 is 7.25 Å². The zero-order chi connectivity index (χ0) is 24.1. The van der Waals surface area contributed by atoms with Gasteiger partial charge in [0.05, 0.1) is 0 Å². The van der Waals surface area contributed by atoms with E-state index in [2.05, 4.69) is 103 Å². The molecule has 0 atom stereocenters. The van der Waals surface area contributed by atoms with E-state index in [-0.39, 0.29) is 20.4 Å². The van der Waals surface area contributed by atoms with E-state index in [0.29, 0.717) is 24.2 Å². The van der Waals surface area contributed by atoms with E-state index in [1.54, 1.807) is 0 Å². The van der Waals surface area contributed by atoms with Gasteiger partial charge in [0.15, 0.2) is 0 Å². The molecule has 1 aromatic rings. The van der Waals surface area contributed by atoms with Crippen LogP contribution < -0.4 is 0 Å². The molecule has 188 valence electrons. The van der Waals surface area contributed by atoms with Gasteiger partial charge in [0.25, 0.3) is 0 Å². The van der Waals surface area contributed by atoms with Crippen molar-refractivity contribution in [3.05, 3.63) is 42.6 Å². The van der Waals surface area contributed by atoms with Gasteiger partial charge in [-0.15, -0.1) is 5.56 Å². The van der Waals surface area contributed by atoms with Crippen molar-refractivity contribution in [2.75, 3.05) is 14.1 Å². The molecule has 1 rings (SSSR count). The summed E-state index contributed by atoms with van der Waals surface area (Å²) in [4.78, 5) is 6.96. The number of rotatable bonds is 8. The van der Waals surface area contributed by atoms with Gasteiger partial charge >= 0.3 is 7.25 Å². The molecule has 0 spiro atoms. The van der Waals surface area contributed by atoms with Gasteiger partial charge in [-0.1, -0.05) is 55.4 Å². The quantitative estimate of drug-likeness (QED) is 0.221. The third-order valence-corrected chi connectivity index (χ3v) is 3.91. The summed E-state index contributed by atoms with van der Waals surface area (Å²) in [7, 11) is -1.89. The molecule has 0 fully saturated rings. The Hall–Kier alpha value is -0.453. The summed E-state index contributed by atoms with van der Waals surface area (Å²) in [5, 5.41) is 0. The Labute approximate surface area is 202 Å². The third-order valence-electron chi connectivity index (χ3n) is 3.91. The summed E-state index contributed by atoms with van der Waals surface area (Å²) in [6.45, 7) is 21.2. The predicted octanol–water partition coefficient (Wildman–Crippen LogP) is 6.19. The normalized spacial score (nSPS) is 11.6. The first-order valence-corrected chi connectivity index (χ1v) is 10.4. The Morgan fingerprint density at radius 3 is 1.39 bits per heavy atom. The second-order valence-corrected chi connectivity index (χ2v) is 8.51. The Morgan fingerprint density at radius 1 is 0.806 bits per heavy atom. The van der Waals surface area contributed by atoms with E-state index < -0.39 is 7.25 Å². The van der Waals surface area contributed by atoms with Crippen LogP contribution in [0.25, 0.3) is 0 Å². The second-order valence-electron chi connectivity index (χ2n) is 8.51. The molecule has 0 bridgehead atoms. The molecule has 0 heterocycles. The summed E-state index contributed by atoms with van der Waals surface area (Å²) in [5.74, 6) is 0. The van der Waals surface area contributed by atoms with Gasteiger partial charge in [-0.2, -0.15) is 30.3 Å². The van der Waals surface area contributed by atoms with E-state index in [9.17, 15) is 17.3 Å². The number of hydrogen-bond donors (Lipinski definition) is 0. The van der Waals surface area contributed by atoms with Crippen molar-refractivity contribution in [3.63, 3.8) is 0 Å². The molecule has 1 aromatic carbocycles. The van der Waals surface area contributed by atoms with Crippen molar-refractivity contribution in [2.24, 2.45) is 0 Å². The van der Waals surface area contributed by atoms with E-state index in [0.717, 1.165) is 6.54 Å². The van der Waals surface area contributed by atoms with Gasteiger partial charge in [0.1, 0.15) is 0 Å². The predicted molar refractivity (Wildman–Crippen MR) is 121 cm³/mol. The first-order chi connectivity index (χ1) is 13.6. The van der Waals surface area contributed by atoms with E-state index >= 15 is 0 Å². The van der Waals surface area contributed by atoms with E-state index in [4.69, 9.17) is 0 Å². The van der Waals surface area contributed by atoms with Crippen LogP contribution in [0.1, 0.15) is 61.0 Å². The minimum Gasteiger partial charge on any atom is -0.438 e. The zero-order valence-corrected chi connectivity index (χ0v) is 22.2. The van der Waals surface area contributed by atoms with Gasteiger partial charge in [0.2, 0.25) is 0 Å². The van der Waals surface area contributed by atoms with Gasteiger partial charge in [-0.25, -0.2) is 6.67 Å². The average Bonchev–Trinajstić information content (AvgIpc) is 2.53. The molecule has 0 unspecified atom stereocenters. The molecular formula is C22H41BF4N3Pd-3. The number of benzene rings is 1. The minimum atomic E-state index is -6.00. The van der Waals surface area contributed by atoms with Crippen LogP contribution in [0.5, 0.6) is 0 Å². The minimum absolute atomic E-state index is 0. The van der Waals surface area contributed by atoms with Crippen LogP contribution in [-0.2, 0) is 27.0 Å². The maximum Gasteiger partial charge on any atom is 0.673 e. The molecule has 0 N–H and O–H groups in total. The molecule has 31 heavy (non-hydrogen) atoms. The van der Waals surface area contributed by atoms with Crippen LogP contribution in [-0.4, -0.2) is 60.2 Å². The third kappa shape index (κ3) is 22.5. The largest absolute Gasteiger partial charge is 0.673 e. The van der Waals surface area contributed by atoms with Crippen molar-refractivity contribution in [1.29, 1.82) is 0 Å². The smallest absolute Gasteiger partial charge is 0.438 e. The number of nitrogens with zero attached hydrogens (tertiary/aromatic N) is 3. The van der Waals surface area contributed by atoms with Crippen LogP contribution in [0.4, 0.5) is 17.3 Å². The van der Waals surface area contributed by atoms with Crippen LogP contribution >= 0.6 is 0 Å². The molecule has 0 amide bonds. The van der Waals surface area contributed by atoms with Crippen molar-refractivity contribution in [2.45, 2.75) is 86.1 Å². The van der Waals surface area contributed by atoms with Gasteiger partial charge in [-0.05, 0) is 38.3 Å². The molecule has 0 saturated heterocycles. The fourth-order valence-electron chi connectivity index (χ4n) is 2.75. The number of halogens is 4. The Kier molecular flexibility index (Phi) is 20.4. The molecule has 0 aliphatic heterocycles. The van der Waals surface area contributed by atoms with Gasteiger partial charge < -0.3 is 32.0 Å². The number of hydrogen-bond acceptors (Lipinski definition) is 3. The summed E-state index contributed by atoms with van der Waals surface area (Å²) >= 11 is 0. The summed E-state index contributed by atoms with van der Waals surface area (Å²) in [6.07, 6.45) is 0. The maximum atomic E-state index is 9.75. The van der Waals surface area contributed by atoms with Crippen LogP contribution in [0.15, 0.2) is 24.3 Å². The van der Waals surface area contributed by atoms with E-state index in [1.165, 1.54) is 5.56 Å². The second kappa shape index (κ2) is 18.0. The standard InChI is InChI=1S/C13H29N2.C9H12N.BF4.Pd/c1-10(2)14(11(3)4)9-15(12(5)6)13(7)8;1-10(2)8-9-6-4-3-5-7-9;2-1(3,4)5;/h9-13H,1-8H3;3-6H,8H2,1-2H3;;/q3*-1;. The molecule has 0 aromatic heterocycles. The molecular weight excluding hydrogens is 499 g/mol. The molecule has 0 aliphatic rings. The van der Waals surface area contributed by atoms with Crippen molar-refractivity contribution in [3.8, 4) is 0 Å². The average molecular weight is 541 g/mol. The first-order valence-electron chi connectivity index (χ1n) is 10.4. The molecule has 3 nitrogen and oxygen atoms in total. The molecule has 9 heteroatoms. The van der Waals surface area contributed by atoms with Crippen LogP contribution in [0.3, 0.4) is 0 Å². The monoisotopic (exact) mass is 540 g/mol. The molecule has 0 saturated carbocycles. The van der Waals surface area contributed by atoms with Gasteiger partial charge in [0, 0.05) is 27.0 Å². The van der Waals surface area contributed by atoms with Crippen molar-refractivity contribution < 1.29 is 37.7 Å². The maximum absolute atomic E-state index is 9.75. The molecule has 0 aliphatic carbocycles. The first kappa shape index (κ1) is 35.1. The van der Waals surface area contributed by atoms with Gasteiger partial charge in [-0.3, -0.25) is 0 Å². The zero-order valence-electron chi connectivity index (χ0n) is 20.7.